The van der Waals surface area contributed by atoms with Gasteiger partial charge < -0.3 is 11.1 Å². The average Bonchev–Trinajstić information content (AvgIpc) is 3.19. The molecule has 2 atom stereocenters. The van der Waals surface area contributed by atoms with Crippen LogP contribution in [0.2, 0.25) is 0 Å². The molecule has 0 aliphatic carbocycles. The Morgan fingerprint density at radius 2 is 2.03 bits per heavy atom. The second-order valence-electron chi connectivity index (χ2n) is 8.43. The van der Waals surface area contributed by atoms with Gasteiger partial charge in [-0.25, -0.2) is 9.38 Å². The maximum absolute atomic E-state index is 14.8. The van der Waals surface area contributed by atoms with Gasteiger partial charge in [0.05, 0.1) is 0 Å². The van der Waals surface area contributed by atoms with Gasteiger partial charge in [0.25, 0.3) is 5.91 Å². The van der Waals surface area contributed by atoms with Gasteiger partial charge in [-0.2, -0.15) is 0 Å². The van der Waals surface area contributed by atoms with Crippen LogP contribution in [0.15, 0.2) is 65.7 Å². The molecule has 1 unspecified atom stereocenters. The number of anilines is 1. The minimum atomic E-state index is -1.25. The number of halogens is 1. The Kier molecular flexibility index (Phi) is 5.54. The van der Waals surface area contributed by atoms with Gasteiger partial charge in [-0.3, -0.25) is 14.6 Å². The van der Waals surface area contributed by atoms with Crippen LogP contribution in [-0.4, -0.2) is 47.8 Å². The fourth-order valence-corrected chi connectivity index (χ4v) is 4.27. The van der Waals surface area contributed by atoms with Crippen LogP contribution in [0.4, 0.5) is 10.1 Å². The van der Waals surface area contributed by atoms with Crippen LogP contribution in [0.3, 0.4) is 0 Å². The van der Waals surface area contributed by atoms with Gasteiger partial charge in [0, 0.05) is 49.5 Å². The van der Waals surface area contributed by atoms with Crippen LogP contribution in [0.25, 0.3) is 0 Å². The summed E-state index contributed by atoms with van der Waals surface area (Å²) in [5.74, 6) is -0.759. The highest BCUT2D eigenvalue weighted by Crippen LogP contribution is 2.39. The van der Waals surface area contributed by atoms with Gasteiger partial charge in [-0.05, 0) is 37.1 Å². The molecule has 31 heavy (non-hydrogen) atoms. The van der Waals surface area contributed by atoms with E-state index in [-0.39, 0.29) is 29.0 Å². The predicted octanol–water partition coefficient (Wildman–Crippen LogP) is 3.07. The van der Waals surface area contributed by atoms with Crippen molar-refractivity contribution in [2.75, 3.05) is 25.5 Å². The summed E-state index contributed by atoms with van der Waals surface area (Å²) < 4.78 is 14.8. The number of rotatable bonds is 5. The number of hydrogen-bond donors (Lipinski definition) is 2. The summed E-state index contributed by atoms with van der Waals surface area (Å²) in [7, 11) is 1.53. The summed E-state index contributed by atoms with van der Waals surface area (Å²) >= 11 is 0. The molecule has 2 heterocycles. The van der Waals surface area contributed by atoms with E-state index in [9.17, 15) is 9.18 Å². The topological polar surface area (TPSA) is 74.0 Å². The van der Waals surface area contributed by atoms with Crippen LogP contribution in [0.5, 0.6) is 0 Å². The smallest absolute Gasteiger partial charge is 0.258 e. The van der Waals surface area contributed by atoms with Crippen molar-refractivity contribution in [3.63, 3.8) is 0 Å². The van der Waals surface area contributed by atoms with E-state index in [0.717, 1.165) is 31.7 Å². The molecule has 1 saturated heterocycles. The molecule has 3 N–H and O–H groups in total. The first kappa shape index (κ1) is 21.1. The molecule has 7 heteroatoms. The number of carbonyl (C=O) groups is 1. The summed E-state index contributed by atoms with van der Waals surface area (Å²) in [5, 5.41) is 3.51. The van der Waals surface area contributed by atoms with E-state index in [1.807, 2.05) is 6.07 Å². The second kappa shape index (κ2) is 8.15. The zero-order chi connectivity index (χ0) is 22.2. The zero-order valence-corrected chi connectivity index (χ0v) is 17.9. The summed E-state index contributed by atoms with van der Waals surface area (Å²) in [5.41, 5.74) is 7.22. The third-order valence-electron chi connectivity index (χ3n) is 6.22. The molecule has 0 radical (unpaired) electrons. The SMILES string of the molecule is C=C1C(=O)N(C)C(N)=N[C@]1(C)c1cc(NC2CCN(Cc3ccccc3)C2)ccc1F. The van der Waals surface area contributed by atoms with Crippen molar-refractivity contribution in [1.82, 2.24) is 9.80 Å². The number of likely N-dealkylation sites (tertiary alicyclic amines) is 1. The van der Waals surface area contributed by atoms with E-state index < -0.39 is 11.4 Å². The molecule has 2 aliphatic heterocycles. The zero-order valence-electron chi connectivity index (χ0n) is 17.9. The maximum atomic E-state index is 14.8. The Labute approximate surface area is 182 Å². The Morgan fingerprint density at radius 3 is 2.77 bits per heavy atom. The normalized spacial score (nSPS) is 24.4. The molecule has 0 saturated carbocycles. The highest BCUT2D eigenvalue weighted by Gasteiger charge is 2.42. The van der Waals surface area contributed by atoms with Crippen molar-refractivity contribution in [2.24, 2.45) is 10.7 Å². The monoisotopic (exact) mass is 421 g/mol. The fourth-order valence-electron chi connectivity index (χ4n) is 4.27. The number of likely N-dealkylation sites (N-methyl/N-ethyl adjacent to an activating group) is 1. The first-order chi connectivity index (χ1) is 14.8. The van der Waals surface area contributed by atoms with Gasteiger partial charge >= 0.3 is 0 Å². The molecule has 0 bridgehead atoms. The van der Waals surface area contributed by atoms with Gasteiger partial charge in [0.1, 0.15) is 11.4 Å². The molecule has 2 aromatic rings. The first-order valence-electron chi connectivity index (χ1n) is 10.4. The van der Waals surface area contributed by atoms with Gasteiger partial charge in [0.2, 0.25) is 0 Å². The molecular weight excluding hydrogens is 393 g/mol. The van der Waals surface area contributed by atoms with Crippen LogP contribution in [-0.2, 0) is 16.9 Å². The lowest BCUT2D eigenvalue weighted by atomic mass is 9.83. The van der Waals surface area contributed by atoms with Gasteiger partial charge in [-0.1, -0.05) is 36.9 Å². The van der Waals surface area contributed by atoms with Crippen molar-refractivity contribution in [3.05, 3.63) is 77.6 Å². The van der Waals surface area contributed by atoms with Crippen LogP contribution >= 0.6 is 0 Å². The third-order valence-corrected chi connectivity index (χ3v) is 6.22. The molecule has 6 nitrogen and oxygen atoms in total. The van der Waals surface area contributed by atoms with Crippen molar-refractivity contribution < 1.29 is 9.18 Å². The number of nitrogens with zero attached hydrogens (tertiary/aromatic N) is 3. The number of nitrogens with two attached hydrogens (primary N) is 1. The van der Waals surface area contributed by atoms with Crippen molar-refractivity contribution in [2.45, 2.75) is 31.5 Å². The molecule has 0 aromatic heterocycles. The third kappa shape index (κ3) is 4.05. The Balaban J connectivity index is 1.51. The number of carbonyl (C=O) groups excluding carboxylic acids is 1. The average molecular weight is 422 g/mol. The lowest BCUT2D eigenvalue weighted by Crippen LogP contribution is -2.49. The summed E-state index contributed by atoms with van der Waals surface area (Å²) in [6, 6.07) is 15.5. The van der Waals surface area contributed by atoms with E-state index in [0.29, 0.717) is 0 Å². The van der Waals surface area contributed by atoms with Crippen molar-refractivity contribution in [3.8, 4) is 0 Å². The highest BCUT2D eigenvalue weighted by molar-refractivity contribution is 6.08. The molecule has 162 valence electrons. The van der Waals surface area contributed by atoms with Gasteiger partial charge in [-0.15, -0.1) is 0 Å². The van der Waals surface area contributed by atoms with Crippen LogP contribution in [0, 0.1) is 5.82 Å². The standard InChI is InChI=1S/C24H28FN5O/c1-16-22(31)29(3)23(26)28-24(16,2)20-13-18(9-10-21(20)25)27-19-11-12-30(15-19)14-17-7-5-4-6-8-17/h4-10,13,19,27H,1,11-12,14-15H2,2-3H3,(H2,26,28)/t19?,24-/m0/s1. The molecular formula is C24H28FN5O. The largest absolute Gasteiger partial charge is 0.381 e. The summed E-state index contributed by atoms with van der Waals surface area (Å²) in [6.07, 6.45) is 0.998. The molecule has 4 rings (SSSR count). The van der Waals surface area contributed by atoms with Crippen LogP contribution < -0.4 is 11.1 Å². The van der Waals surface area contributed by atoms with Crippen LogP contribution in [0.1, 0.15) is 24.5 Å². The molecule has 2 aromatic carbocycles. The number of hydrogen-bond acceptors (Lipinski definition) is 5. The number of benzene rings is 2. The molecule has 1 amide bonds. The van der Waals surface area contributed by atoms with E-state index in [2.05, 4.69) is 46.1 Å². The van der Waals surface area contributed by atoms with Crippen molar-refractivity contribution >= 4 is 17.6 Å². The Morgan fingerprint density at radius 1 is 1.29 bits per heavy atom. The second-order valence-corrected chi connectivity index (χ2v) is 8.43. The molecule has 0 spiro atoms. The number of guanidine groups is 1. The van der Waals surface area contributed by atoms with E-state index in [4.69, 9.17) is 5.73 Å². The molecule has 2 aliphatic rings. The highest BCUT2D eigenvalue weighted by atomic mass is 19.1. The Hall–Kier alpha value is -3.19. The predicted molar refractivity (Wildman–Crippen MR) is 121 cm³/mol. The minimum absolute atomic E-state index is 0.0463. The quantitative estimate of drug-likeness (QED) is 0.728. The number of nitrogens with one attached hydrogen (secondary N) is 1. The van der Waals surface area contributed by atoms with Gasteiger partial charge in [0.15, 0.2) is 5.96 Å². The number of amides is 1. The fraction of sp³-hybridized carbons (Fsp3) is 0.333. The lowest BCUT2D eigenvalue weighted by molar-refractivity contribution is -0.123. The van der Waals surface area contributed by atoms with Crippen molar-refractivity contribution in [1.29, 1.82) is 0 Å². The summed E-state index contributed by atoms with van der Waals surface area (Å²) in [6.45, 7) is 8.37. The Bertz CT molecular complexity index is 1040. The lowest BCUT2D eigenvalue weighted by Gasteiger charge is -2.35. The number of aliphatic imine (C=N–C) groups is 1. The molecule has 1 fully saturated rings. The summed E-state index contributed by atoms with van der Waals surface area (Å²) in [4.78, 5) is 20.6. The van der Waals surface area contributed by atoms with E-state index >= 15 is 0 Å². The van der Waals surface area contributed by atoms with E-state index in [1.165, 1.54) is 23.6 Å². The first-order valence-corrected chi connectivity index (χ1v) is 10.4. The maximum Gasteiger partial charge on any atom is 0.258 e. The minimum Gasteiger partial charge on any atom is -0.381 e. The van der Waals surface area contributed by atoms with E-state index in [1.54, 1.807) is 19.1 Å².